The third kappa shape index (κ3) is 2.40. The molecule has 0 bridgehead atoms. The minimum atomic E-state index is -0.713. The maximum atomic E-state index is 12.4. The molecule has 3 rings (SSSR count). The van der Waals surface area contributed by atoms with E-state index in [9.17, 15) is 9.59 Å². The first-order valence-corrected chi connectivity index (χ1v) is 7.51. The molecule has 2 amide bonds. The van der Waals surface area contributed by atoms with Gasteiger partial charge in [0.25, 0.3) is 5.91 Å². The van der Waals surface area contributed by atoms with E-state index in [1.807, 2.05) is 6.92 Å². The lowest BCUT2D eigenvalue weighted by Crippen LogP contribution is -2.63. The number of nitrogens with two attached hydrogens (primary N) is 1. The number of hydrogen-bond donors (Lipinski definition) is 1. The van der Waals surface area contributed by atoms with Gasteiger partial charge in [-0.1, -0.05) is 0 Å². The van der Waals surface area contributed by atoms with Crippen LogP contribution in [0.25, 0.3) is 0 Å². The van der Waals surface area contributed by atoms with Crippen LogP contribution >= 0.6 is 0 Å². The Morgan fingerprint density at radius 2 is 2.00 bits per heavy atom. The van der Waals surface area contributed by atoms with Crippen molar-refractivity contribution in [1.29, 1.82) is 0 Å². The second-order valence-electron chi connectivity index (χ2n) is 5.91. The minimum Gasteiger partial charge on any atom is -0.459 e. The Balaban J connectivity index is 1.66. The second-order valence-corrected chi connectivity index (χ2v) is 5.91. The van der Waals surface area contributed by atoms with Crippen LogP contribution in [-0.2, 0) is 9.53 Å². The Morgan fingerprint density at radius 3 is 2.50 bits per heavy atom. The van der Waals surface area contributed by atoms with Crippen LogP contribution in [0.3, 0.4) is 0 Å². The van der Waals surface area contributed by atoms with Crippen molar-refractivity contribution in [2.24, 2.45) is 5.73 Å². The van der Waals surface area contributed by atoms with Crippen LogP contribution in [0.2, 0.25) is 0 Å². The smallest absolute Gasteiger partial charge is 0.289 e. The van der Waals surface area contributed by atoms with Crippen molar-refractivity contribution < 1.29 is 18.7 Å². The highest BCUT2D eigenvalue weighted by Crippen LogP contribution is 2.27. The Morgan fingerprint density at radius 1 is 1.27 bits per heavy atom. The van der Waals surface area contributed by atoms with Crippen LogP contribution in [0.4, 0.5) is 0 Å². The lowest BCUT2D eigenvalue weighted by atomic mass is 9.94. The molecule has 2 N–H and O–H groups in total. The predicted octanol–water partition coefficient (Wildman–Crippen LogP) is -0.00978. The average molecular weight is 307 g/mol. The summed E-state index contributed by atoms with van der Waals surface area (Å²) >= 11 is 0. The molecular formula is C15H21N3O4. The van der Waals surface area contributed by atoms with Gasteiger partial charge in [0, 0.05) is 44.8 Å². The van der Waals surface area contributed by atoms with Crippen LogP contribution < -0.4 is 5.73 Å². The molecule has 3 heterocycles. The number of piperazine rings is 1. The van der Waals surface area contributed by atoms with Crippen molar-refractivity contribution >= 4 is 11.8 Å². The van der Waals surface area contributed by atoms with Gasteiger partial charge in [-0.3, -0.25) is 14.5 Å². The zero-order valence-corrected chi connectivity index (χ0v) is 12.7. The van der Waals surface area contributed by atoms with Crippen LogP contribution in [0.15, 0.2) is 16.7 Å². The van der Waals surface area contributed by atoms with E-state index in [-0.39, 0.29) is 11.8 Å². The standard InChI is InChI=1S/C15H21N3O4/c1-11-2-8-22-12(11)13(19)17-4-6-18(7-5-17)15(14(16)20)3-9-21-10-15/h2,8H,3-7,9-10H2,1H3,(H2,16,20). The molecule has 7 heteroatoms. The number of primary amides is 1. The molecule has 2 aliphatic heterocycles. The first-order chi connectivity index (χ1) is 10.5. The molecule has 1 aromatic rings. The molecule has 0 aliphatic carbocycles. The van der Waals surface area contributed by atoms with E-state index >= 15 is 0 Å². The molecule has 0 aromatic carbocycles. The van der Waals surface area contributed by atoms with Crippen molar-refractivity contribution in [3.8, 4) is 0 Å². The molecule has 1 aromatic heterocycles. The predicted molar refractivity (Wildman–Crippen MR) is 78.3 cm³/mol. The zero-order valence-electron chi connectivity index (χ0n) is 12.7. The number of aryl methyl sites for hydroxylation is 1. The van der Waals surface area contributed by atoms with E-state index in [2.05, 4.69) is 4.90 Å². The van der Waals surface area contributed by atoms with Crippen LogP contribution in [-0.4, -0.2) is 66.5 Å². The summed E-state index contributed by atoms with van der Waals surface area (Å²) in [5, 5.41) is 0. The van der Waals surface area contributed by atoms with Crippen molar-refractivity contribution in [1.82, 2.24) is 9.80 Å². The maximum absolute atomic E-state index is 12.4. The Kier molecular flexibility index (Phi) is 3.92. The molecular weight excluding hydrogens is 286 g/mol. The molecule has 1 atom stereocenters. The average Bonchev–Trinajstić information content (AvgIpc) is 3.16. The zero-order chi connectivity index (χ0) is 15.7. The normalized spacial score (nSPS) is 26.3. The monoisotopic (exact) mass is 307 g/mol. The number of rotatable bonds is 3. The van der Waals surface area contributed by atoms with Gasteiger partial charge in [-0.25, -0.2) is 0 Å². The summed E-state index contributed by atoms with van der Waals surface area (Å²) in [5.41, 5.74) is 5.72. The molecule has 120 valence electrons. The van der Waals surface area contributed by atoms with Gasteiger partial charge in [-0.05, 0) is 13.0 Å². The summed E-state index contributed by atoms with van der Waals surface area (Å²) in [7, 11) is 0. The topological polar surface area (TPSA) is 89.0 Å². The largest absolute Gasteiger partial charge is 0.459 e. The highest BCUT2D eigenvalue weighted by molar-refractivity contribution is 5.93. The number of nitrogens with zero attached hydrogens (tertiary/aromatic N) is 2. The fraction of sp³-hybridized carbons (Fsp3) is 0.600. The lowest BCUT2D eigenvalue weighted by molar-refractivity contribution is -0.131. The van der Waals surface area contributed by atoms with Gasteiger partial charge in [0.05, 0.1) is 12.9 Å². The van der Waals surface area contributed by atoms with Crippen molar-refractivity contribution in [3.63, 3.8) is 0 Å². The van der Waals surface area contributed by atoms with Gasteiger partial charge in [0.1, 0.15) is 5.54 Å². The van der Waals surface area contributed by atoms with Gasteiger partial charge in [0.15, 0.2) is 5.76 Å². The third-order valence-electron chi connectivity index (χ3n) is 4.69. The van der Waals surface area contributed by atoms with Crippen LogP contribution in [0.5, 0.6) is 0 Å². The van der Waals surface area contributed by atoms with Crippen LogP contribution in [0.1, 0.15) is 22.5 Å². The Labute approximate surface area is 129 Å². The summed E-state index contributed by atoms with van der Waals surface area (Å²) in [6.07, 6.45) is 2.14. The SMILES string of the molecule is Cc1ccoc1C(=O)N1CCN(C2(C(N)=O)CCOC2)CC1. The number of hydrogen-bond acceptors (Lipinski definition) is 5. The van der Waals surface area contributed by atoms with Gasteiger partial charge in [-0.15, -0.1) is 0 Å². The summed E-state index contributed by atoms with van der Waals surface area (Å²) in [6.45, 7) is 5.06. The summed E-state index contributed by atoms with van der Waals surface area (Å²) < 4.78 is 10.7. The molecule has 0 saturated carbocycles. The first-order valence-electron chi connectivity index (χ1n) is 7.51. The molecule has 2 saturated heterocycles. The second kappa shape index (κ2) is 5.73. The van der Waals surface area contributed by atoms with Crippen LogP contribution in [0, 0.1) is 6.92 Å². The fourth-order valence-corrected chi connectivity index (χ4v) is 3.23. The van der Waals surface area contributed by atoms with Crippen molar-refractivity contribution in [2.45, 2.75) is 18.9 Å². The molecule has 2 fully saturated rings. The summed E-state index contributed by atoms with van der Waals surface area (Å²) in [4.78, 5) is 28.1. The number of carbonyl (C=O) groups is 2. The highest BCUT2D eigenvalue weighted by Gasteiger charge is 2.47. The number of carbonyl (C=O) groups excluding carboxylic acids is 2. The molecule has 2 aliphatic rings. The Hall–Kier alpha value is -1.86. The summed E-state index contributed by atoms with van der Waals surface area (Å²) in [6, 6.07) is 1.78. The van der Waals surface area contributed by atoms with E-state index in [1.165, 1.54) is 6.26 Å². The molecule has 22 heavy (non-hydrogen) atoms. The van der Waals surface area contributed by atoms with E-state index in [1.54, 1.807) is 11.0 Å². The van der Waals surface area contributed by atoms with E-state index in [0.717, 1.165) is 5.56 Å². The van der Waals surface area contributed by atoms with Crippen molar-refractivity contribution in [3.05, 3.63) is 23.7 Å². The van der Waals surface area contributed by atoms with E-state index < -0.39 is 5.54 Å². The number of amides is 2. The fourth-order valence-electron chi connectivity index (χ4n) is 3.23. The highest BCUT2D eigenvalue weighted by atomic mass is 16.5. The van der Waals surface area contributed by atoms with E-state index in [4.69, 9.17) is 14.9 Å². The maximum Gasteiger partial charge on any atom is 0.289 e. The third-order valence-corrected chi connectivity index (χ3v) is 4.69. The van der Waals surface area contributed by atoms with E-state index in [0.29, 0.717) is 51.6 Å². The number of ether oxygens (including phenoxy) is 1. The molecule has 1 unspecified atom stereocenters. The quantitative estimate of drug-likeness (QED) is 0.848. The molecule has 0 spiro atoms. The lowest BCUT2D eigenvalue weighted by Gasteiger charge is -2.43. The minimum absolute atomic E-state index is 0.0991. The summed E-state index contributed by atoms with van der Waals surface area (Å²) in [5.74, 6) is -0.0492. The van der Waals surface area contributed by atoms with Gasteiger partial charge in [0.2, 0.25) is 5.91 Å². The number of furan rings is 1. The first kappa shape index (κ1) is 15.1. The van der Waals surface area contributed by atoms with Gasteiger partial charge >= 0.3 is 0 Å². The van der Waals surface area contributed by atoms with Gasteiger partial charge in [-0.2, -0.15) is 0 Å². The van der Waals surface area contributed by atoms with Crippen molar-refractivity contribution in [2.75, 3.05) is 39.4 Å². The molecule has 7 nitrogen and oxygen atoms in total. The molecule has 0 radical (unpaired) electrons. The van der Waals surface area contributed by atoms with Gasteiger partial charge < -0.3 is 19.8 Å². The Bertz CT molecular complexity index is 569.